The van der Waals surface area contributed by atoms with Gasteiger partial charge in [0.25, 0.3) is 0 Å². The second kappa shape index (κ2) is 14.2. The fourth-order valence-electron chi connectivity index (χ4n) is 3.63. The Morgan fingerprint density at radius 3 is 2.21 bits per heavy atom. The number of fused-ring (bicyclic) bond motifs is 1. The molecule has 156 valence electrons. The molecule has 0 radical (unpaired) electrons. The van der Waals surface area contributed by atoms with Crippen molar-refractivity contribution in [3.8, 4) is 0 Å². The van der Waals surface area contributed by atoms with E-state index < -0.39 is 0 Å². The molecular formula is C25H40N2O. The molecule has 3 heteroatoms. The highest BCUT2D eigenvalue weighted by Gasteiger charge is 2.22. The molecule has 2 aromatic rings. The van der Waals surface area contributed by atoms with Crippen LogP contribution in [0.25, 0.3) is 10.8 Å². The summed E-state index contributed by atoms with van der Waals surface area (Å²) in [5.41, 5.74) is 1.31. The fraction of sp³-hybridized carbons (Fsp3) is 0.560. The predicted molar refractivity (Wildman–Crippen MR) is 123 cm³/mol. The third kappa shape index (κ3) is 8.02. The van der Waals surface area contributed by atoms with E-state index in [0.717, 1.165) is 25.7 Å². The molecule has 28 heavy (non-hydrogen) atoms. The van der Waals surface area contributed by atoms with Gasteiger partial charge in [0.1, 0.15) is 0 Å². The molecule has 0 spiro atoms. The third-order valence-corrected chi connectivity index (χ3v) is 5.11. The maximum Gasteiger partial charge on any atom is 0.223 e. The van der Waals surface area contributed by atoms with Crippen molar-refractivity contribution in [3.05, 3.63) is 48.0 Å². The topological polar surface area (TPSA) is 41.1 Å². The Bertz CT molecular complexity index is 677. The van der Waals surface area contributed by atoms with Gasteiger partial charge in [-0.05, 0) is 56.1 Å². The van der Waals surface area contributed by atoms with Gasteiger partial charge in [0, 0.05) is 12.0 Å². The van der Waals surface area contributed by atoms with E-state index in [1.807, 2.05) is 27.9 Å². The second-order valence-corrected chi connectivity index (χ2v) is 7.33. The highest BCUT2D eigenvalue weighted by molar-refractivity contribution is 5.83. The summed E-state index contributed by atoms with van der Waals surface area (Å²) in [5, 5.41) is 8.59. The van der Waals surface area contributed by atoms with Crippen molar-refractivity contribution in [1.29, 1.82) is 0 Å². The summed E-state index contributed by atoms with van der Waals surface area (Å²) < 4.78 is 0. The summed E-state index contributed by atoms with van der Waals surface area (Å²) in [4.78, 5) is 12.5. The SMILES string of the molecule is CC.CCC(Cc1ccc2ccccc2c1)NC(=O)C1CCCCC1.CNC. The number of nitrogens with one attached hydrogen (secondary N) is 2. The number of hydrogen-bond donors (Lipinski definition) is 2. The van der Waals surface area contributed by atoms with Crippen LogP contribution in [0, 0.1) is 5.92 Å². The summed E-state index contributed by atoms with van der Waals surface area (Å²) >= 11 is 0. The largest absolute Gasteiger partial charge is 0.353 e. The van der Waals surface area contributed by atoms with Gasteiger partial charge in [0.15, 0.2) is 0 Å². The number of rotatable bonds is 5. The average molecular weight is 385 g/mol. The minimum atomic E-state index is 0.241. The van der Waals surface area contributed by atoms with E-state index in [9.17, 15) is 4.79 Å². The molecule has 1 unspecified atom stereocenters. The number of carbonyl (C=O) groups excluding carboxylic acids is 1. The zero-order chi connectivity index (χ0) is 20.8. The van der Waals surface area contributed by atoms with E-state index in [-0.39, 0.29) is 17.9 Å². The number of carbonyl (C=O) groups is 1. The summed E-state index contributed by atoms with van der Waals surface area (Å²) in [5.74, 6) is 0.520. The van der Waals surface area contributed by atoms with Gasteiger partial charge in [0.2, 0.25) is 5.91 Å². The quantitative estimate of drug-likeness (QED) is 0.692. The standard InChI is InChI=1S/C21H27NO.C2H7N.C2H6/c1-2-20(22-21(23)18-9-4-3-5-10-18)15-16-12-13-17-8-6-7-11-19(17)14-16;1-3-2;1-2/h6-8,11-14,18,20H,2-5,9-10,15H2,1H3,(H,22,23);3H,1-2H3;1-2H3. The average Bonchev–Trinajstić information content (AvgIpc) is 2.75. The van der Waals surface area contributed by atoms with Crippen molar-refractivity contribution in [2.75, 3.05) is 14.1 Å². The molecule has 1 amide bonds. The lowest BCUT2D eigenvalue weighted by atomic mass is 9.88. The second-order valence-electron chi connectivity index (χ2n) is 7.33. The van der Waals surface area contributed by atoms with E-state index >= 15 is 0 Å². The van der Waals surface area contributed by atoms with Crippen LogP contribution in [0.1, 0.15) is 64.9 Å². The molecule has 1 fully saturated rings. The van der Waals surface area contributed by atoms with E-state index in [0.29, 0.717) is 0 Å². The van der Waals surface area contributed by atoms with E-state index in [2.05, 4.69) is 60.0 Å². The van der Waals surface area contributed by atoms with Crippen LogP contribution in [0.5, 0.6) is 0 Å². The lowest BCUT2D eigenvalue weighted by molar-refractivity contribution is -0.126. The first kappa shape index (κ1) is 24.2. The smallest absolute Gasteiger partial charge is 0.223 e. The van der Waals surface area contributed by atoms with Gasteiger partial charge in [0.05, 0.1) is 0 Å². The van der Waals surface area contributed by atoms with Gasteiger partial charge >= 0.3 is 0 Å². The van der Waals surface area contributed by atoms with Crippen LogP contribution in [0.2, 0.25) is 0 Å². The molecule has 1 atom stereocenters. The van der Waals surface area contributed by atoms with Gasteiger partial charge in [-0.15, -0.1) is 0 Å². The van der Waals surface area contributed by atoms with Crippen molar-refractivity contribution in [3.63, 3.8) is 0 Å². The Morgan fingerprint density at radius 2 is 1.61 bits per heavy atom. The summed E-state index contributed by atoms with van der Waals surface area (Å²) in [6.45, 7) is 6.16. The van der Waals surface area contributed by atoms with Crippen LogP contribution in [-0.2, 0) is 11.2 Å². The molecule has 2 N–H and O–H groups in total. The first-order chi connectivity index (χ1) is 13.7. The maximum atomic E-state index is 12.5. The Labute approximate surface area is 172 Å². The Balaban J connectivity index is 0.000000717. The van der Waals surface area contributed by atoms with Crippen LogP contribution in [0.4, 0.5) is 0 Å². The van der Waals surface area contributed by atoms with Crippen molar-refractivity contribution < 1.29 is 4.79 Å². The van der Waals surface area contributed by atoms with Crippen molar-refractivity contribution >= 4 is 16.7 Å². The van der Waals surface area contributed by atoms with Crippen LogP contribution in [0.15, 0.2) is 42.5 Å². The minimum absolute atomic E-state index is 0.241. The van der Waals surface area contributed by atoms with Crippen LogP contribution >= 0.6 is 0 Å². The van der Waals surface area contributed by atoms with Crippen molar-refractivity contribution in [2.45, 2.75) is 71.8 Å². The van der Waals surface area contributed by atoms with Gasteiger partial charge < -0.3 is 10.6 Å². The lowest BCUT2D eigenvalue weighted by Crippen LogP contribution is -2.40. The number of benzene rings is 2. The highest BCUT2D eigenvalue weighted by atomic mass is 16.1. The summed E-state index contributed by atoms with van der Waals surface area (Å²) in [7, 11) is 3.75. The monoisotopic (exact) mass is 384 g/mol. The summed E-state index contributed by atoms with van der Waals surface area (Å²) in [6.07, 6.45) is 7.73. The summed E-state index contributed by atoms with van der Waals surface area (Å²) in [6, 6.07) is 15.3. The molecule has 3 rings (SSSR count). The van der Waals surface area contributed by atoms with Crippen molar-refractivity contribution in [1.82, 2.24) is 10.6 Å². The van der Waals surface area contributed by atoms with Gasteiger partial charge in [-0.3, -0.25) is 4.79 Å². The van der Waals surface area contributed by atoms with Crippen LogP contribution in [-0.4, -0.2) is 26.0 Å². The molecule has 3 nitrogen and oxygen atoms in total. The Hall–Kier alpha value is -1.87. The number of hydrogen-bond acceptors (Lipinski definition) is 2. The fourth-order valence-corrected chi connectivity index (χ4v) is 3.63. The van der Waals surface area contributed by atoms with E-state index in [1.54, 1.807) is 0 Å². The molecular weight excluding hydrogens is 344 g/mol. The molecule has 0 bridgehead atoms. The molecule has 1 aliphatic carbocycles. The normalized spacial score (nSPS) is 14.9. The van der Waals surface area contributed by atoms with Crippen molar-refractivity contribution in [2.24, 2.45) is 5.92 Å². The molecule has 0 aliphatic heterocycles. The Morgan fingerprint density at radius 1 is 1.00 bits per heavy atom. The molecule has 1 saturated carbocycles. The Kier molecular flexibility index (Phi) is 12.2. The molecule has 0 heterocycles. The van der Waals surface area contributed by atoms with Gasteiger partial charge in [-0.2, -0.15) is 0 Å². The van der Waals surface area contributed by atoms with Gasteiger partial charge in [-0.1, -0.05) is 82.5 Å². The van der Waals surface area contributed by atoms with Gasteiger partial charge in [-0.25, -0.2) is 0 Å². The maximum absolute atomic E-state index is 12.5. The first-order valence-corrected chi connectivity index (χ1v) is 11.0. The molecule has 2 aromatic carbocycles. The lowest BCUT2D eigenvalue weighted by Gasteiger charge is -2.24. The van der Waals surface area contributed by atoms with Crippen LogP contribution in [0.3, 0.4) is 0 Å². The zero-order valence-electron chi connectivity index (χ0n) is 18.6. The van der Waals surface area contributed by atoms with E-state index in [4.69, 9.17) is 0 Å². The van der Waals surface area contributed by atoms with Crippen LogP contribution < -0.4 is 10.6 Å². The molecule has 0 saturated heterocycles. The molecule has 0 aromatic heterocycles. The first-order valence-electron chi connectivity index (χ1n) is 11.0. The minimum Gasteiger partial charge on any atom is -0.353 e. The third-order valence-electron chi connectivity index (χ3n) is 5.11. The zero-order valence-corrected chi connectivity index (χ0v) is 18.6. The molecule has 1 aliphatic rings. The highest BCUT2D eigenvalue weighted by Crippen LogP contribution is 2.24. The van der Waals surface area contributed by atoms with E-state index in [1.165, 1.54) is 35.6 Å². The number of amides is 1. The predicted octanol–water partition coefficient (Wildman–Crippen LogP) is 5.72.